The summed E-state index contributed by atoms with van der Waals surface area (Å²) in [6.45, 7) is -0.610. The second kappa shape index (κ2) is 11.4. The van der Waals surface area contributed by atoms with E-state index in [1.165, 1.54) is 12.3 Å². The summed E-state index contributed by atoms with van der Waals surface area (Å²) in [5.41, 5.74) is 2.00. The van der Waals surface area contributed by atoms with E-state index in [1.54, 1.807) is 30.5 Å². The summed E-state index contributed by atoms with van der Waals surface area (Å²) in [6, 6.07) is 14.1. The minimum atomic E-state index is -1.07. The van der Waals surface area contributed by atoms with Crippen LogP contribution in [0, 0.1) is 0 Å². The summed E-state index contributed by atoms with van der Waals surface area (Å²) < 4.78 is 5.22. The lowest BCUT2D eigenvalue weighted by molar-refractivity contribution is -0.149. The average Bonchev–Trinajstić information content (AvgIpc) is 3.27. The number of fused-ring (bicyclic) bond motifs is 1. The Balaban J connectivity index is 1.47. The Morgan fingerprint density at radius 3 is 2.50 bits per heavy atom. The highest BCUT2D eigenvalue weighted by Gasteiger charge is 2.25. The number of aromatic nitrogens is 2. The lowest BCUT2D eigenvalue weighted by Gasteiger charge is -2.18. The highest BCUT2D eigenvalue weighted by atomic mass is 35.5. The third kappa shape index (κ3) is 6.34. The van der Waals surface area contributed by atoms with Crippen molar-refractivity contribution in [2.24, 2.45) is 0 Å². The van der Waals surface area contributed by atoms with Crippen LogP contribution < -0.4 is 10.6 Å². The molecule has 11 heteroatoms. The molecule has 2 amide bonds. The number of para-hydroxylation sites is 1. The molecule has 0 unspecified atom stereocenters. The predicted molar refractivity (Wildman–Crippen MR) is 139 cm³/mol. The van der Waals surface area contributed by atoms with Gasteiger partial charge in [-0.15, -0.1) is 0 Å². The number of ether oxygens (including phenoxy) is 1. The molecule has 184 valence electrons. The molecule has 0 fully saturated rings. The zero-order valence-electron chi connectivity index (χ0n) is 18.6. The first-order valence-corrected chi connectivity index (χ1v) is 11.8. The Labute approximate surface area is 220 Å². The molecule has 0 radical (unpaired) electrons. The fourth-order valence-corrected chi connectivity index (χ4v) is 4.02. The molecule has 2 heterocycles. The first kappa shape index (κ1) is 25.5. The molecule has 0 aliphatic heterocycles. The molecule has 0 aliphatic rings. The Kier molecular flexibility index (Phi) is 8.10. The third-order valence-electron chi connectivity index (χ3n) is 5.21. The molecule has 36 heavy (non-hydrogen) atoms. The maximum absolute atomic E-state index is 13.0. The van der Waals surface area contributed by atoms with Crippen LogP contribution in [0.5, 0.6) is 0 Å². The van der Waals surface area contributed by atoms with Gasteiger partial charge in [0.25, 0.3) is 11.8 Å². The number of benzene rings is 2. The van der Waals surface area contributed by atoms with E-state index in [4.69, 9.17) is 39.5 Å². The summed E-state index contributed by atoms with van der Waals surface area (Å²) in [5, 5.41) is 6.96. The fourth-order valence-electron chi connectivity index (χ4n) is 3.47. The van der Waals surface area contributed by atoms with Gasteiger partial charge in [-0.3, -0.25) is 9.59 Å². The van der Waals surface area contributed by atoms with E-state index in [0.717, 1.165) is 16.5 Å². The van der Waals surface area contributed by atoms with Crippen LogP contribution in [-0.2, 0) is 20.7 Å². The summed E-state index contributed by atoms with van der Waals surface area (Å²) in [7, 11) is 0. The second-order valence-electron chi connectivity index (χ2n) is 7.74. The first-order chi connectivity index (χ1) is 17.3. The number of carbonyl (C=O) groups excluding carboxylic acids is 3. The molecule has 2 aromatic heterocycles. The number of nitrogens with one attached hydrogen (secondary N) is 3. The number of pyridine rings is 1. The number of aromatic amines is 1. The molecule has 0 bridgehead atoms. The second-order valence-corrected chi connectivity index (χ2v) is 9.02. The molecule has 0 aliphatic carbocycles. The molecule has 0 saturated carbocycles. The van der Waals surface area contributed by atoms with E-state index in [0.29, 0.717) is 15.6 Å². The summed E-state index contributed by atoms with van der Waals surface area (Å²) in [5.74, 6) is -1.86. The van der Waals surface area contributed by atoms with E-state index < -0.39 is 30.4 Å². The first-order valence-electron chi connectivity index (χ1n) is 10.7. The average molecular weight is 546 g/mol. The standard InChI is InChI=1S/C25H19Cl3N4O4/c26-16-7-5-14(6-8-16)24(34)31-21(9-15-11-29-20-4-2-1-3-18(15)20)25(35)36-13-22(33)32-23-19(28)10-17(27)12-30-23/h1-8,10-12,21,29H,9,13H2,(H,31,34)(H,30,32,33)/t21-/m1/s1. The zero-order valence-corrected chi connectivity index (χ0v) is 20.8. The highest BCUT2D eigenvalue weighted by molar-refractivity contribution is 6.36. The van der Waals surface area contributed by atoms with E-state index in [2.05, 4.69) is 20.6 Å². The van der Waals surface area contributed by atoms with Gasteiger partial charge in [-0.2, -0.15) is 0 Å². The van der Waals surface area contributed by atoms with Crippen molar-refractivity contribution in [2.75, 3.05) is 11.9 Å². The number of H-pyrrole nitrogens is 1. The number of amides is 2. The number of halogens is 3. The van der Waals surface area contributed by atoms with E-state index >= 15 is 0 Å². The molecule has 3 N–H and O–H groups in total. The van der Waals surface area contributed by atoms with E-state index in [1.807, 2.05) is 24.3 Å². The lowest BCUT2D eigenvalue weighted by atomic mass is 10.0. The molecular weight excluding hydrogens is 527 g/mol. The van der Waals surface area contributed by atoms with Gasteiger partial charge in [-0.25, -0.2) is 9.78 Å². The third-order valence-corrected chi connectivity index (χ3v) is 5.95. The van der Waals surface area contributed by atoms with Gasteiger partial charge >= 0.3 is 5.97 Å². The Hall–Kier alpha value is -3.59. The Morgan fingerprint density at radius 2 is 1.75 bits per heavy atom. The van der Waals surface area contributed by atoms with Crippen molar-refractivity contribution in [3.63, 3.8) is 0 Å². The zero-order chi connectivity index (χ0) is 25.7. The summed E-state index contributed by atoms with van der Waals surface area (Å²) >= 11 is 17.7. The van der Waals surface area contributed by atoms with Crippen molar-refractivity contribution in [1.82, 2.24) is 15.3 Å². The molecule has 1 atom stereocenters. The predicted octanol–water partition coefficient (Wildman–Crippen LogP) is 5.05. The van der Waals surface area contributed by atoms with Crippen LogP contribution in [0.2, 0.25) is 15.1 Å². The van der Waals surface area contributed by atoms with Gasteiger partial charge in [0, 0.05) is 40.3 Å². The van der Waals surface area contributed by atoms with Gasteiger partial charge in [0.2, 0.25) is 0 Å². The number of rotatable bonds is 8. The van der Waals surface area contributed by atoms with Crippen LogP contribution in [-0.4, -0.2) is 40.4 Å². The van der Waals surface area contributed by atoms with Gasteiger partial charge in [0.15, 0.2) is 12.4 Å². The molecule has 2 aromatic carbocycles. The van der Waals surface area contributed by atoms with E-state index in [-0.39, 0.29) is 17.3 Å². The van der Waals surface area contributed by atoms with Crippen LogP contribution in [0.3, 0.4) is 0 Å². The maximum Gasteiger partial charge on any atom is 0.329 e. The van der Waals surface area contributed by atoms with Crippen molar-refractivity contribution in [3.05, 3.63) is 93.2 Å². The molecule has 4 rings (SSSR count). The van der Waals surface area contributed by atoms with Crippen LogP contribution >= 0.6 is 34.8 Å². The number of hydrogen-bond acceptors (Lipinski definition) is 5. The lowest BCUT2D eigenvalue weighted by Crippen LogP contribution is -2.44. The van der Waals surface area contributed by atoms with Crippen molar-refractivity contribution < 1.29 is 19.1 Å². The maximum atomic E-state index is 13.0. The Morgan fingerprint density at radius 1 is 1.00 bits per heavy atom. The monoisotopic (exact) mass is 544 g/mol. The quantitative estimate of drug-likeness (QED) is 0.268. The topological polar surface area (TPSA) is 113 Å². The molecule has 0 saturated heterocycles. The van der Waals surface area contributed by atoms with Crippen LogP contribution in [0.1, 0.15) is 15.9 Å². The molecule has 8 nitrogen and oxygen atoms in total. The Bertz CT molecular complexity index is 1420. The van der Waals surface area contributed by atoms with Crippen molar-refractivity contribution in [2.45, 2.75) is 12.5 Å². The summed E-state index contributed by atoms with van der Waals surface area (Å²) in [6.07, 6.45) is 3.22. The van der Waals surface area contributed by atoms with E-state index in [9.17, 15) is 14.4 Å². The highest BCUT2D eigenvalue weighted by Crippen LogP contribution is 2.23. The largest absolute Gasteiger partial charge is 0.454 e. The van der Waals surface area contributed by atoms with Gasteiger partial charge in [-0.05, 0) is 42.0 Å². The fraction of sp³-hybridized carbons (Fsp3) is 0.120. The minimum absolute atomic E-state index is 0.0773. The van der Waals surface area contributed by atoms with Gasteiger partial charge in [-0.1, -0.05) is 53.0 Å². The number of nitrogens with zero attached hydrogens (tertiary/aromatic N) is 1. The smallest absolute Gasteiger partial charge is 0.329 e. The van der Waals surface area contributed by atoms with Crippen LogP contribution in [0.4, 0.5) is 5.82 Å². The van der Waals surface area contributed by atoms with Crippen molar-refractivity contribution in [1.29, 1.82) is 0 Å². The van der Waals surface area contributed by atoms with Crippen molar-refractivity contribution >= 4 is 69.3 Å². The number of carbonyl (C=O) groups is 3. The van der Waals surface area contributed by atoms with Crippen LogP contribution in [0.15, 0.2) is 67.0 Å². The van der Waals surface area contributed by atoms with Crippen LogP contribution in [0.25, 0.3) is 10.9 Å². The minimum Gasteiger partial charge on any atom is -0.454 e. The number of esters is 1. The van der Waals surface area contributed by atoms with Gasteiger partial charge < -0.3 is 20.4 Å². The molecular formula is C25H19Cl3N4O4. The van der Waals surface area contributed by atoms with Gasteiger partial charge in [0.1, 0.15) is 6.04 Å². The van der Waals surface area contributed by atoms with Gasteiger partial charge in [0.05, 0.1) is 10.0 Å². The number of hydrogen-bond donors (Lipinski definition) is 3. The molecule has 4 aromatic rings. The van der Waals surface area contributed by atoms with Crippen molar-refractivity contribution in [3.8, 4) is 0 Å². The molecule has 0 spiro atoms. The number of anilines is 1. The normalized spacial score (nSPS) is 11.6. The summed E-state index contributed by atoms with van der Waals surface area (Å²) in [4.78, 5) is 45.2. The SMILES string of the molecule is O=C(COC(=O)[C@@H](Cc1c[nH]c2ccccc12)NC(=O)c1ccc(Cl)cc1)Nc1ncc(Cl)cc1Cl.